The first-order valence-corrected chi connectivity index (χ1v) is 9.03. The van der Waals surface area contributed by atoms with Crippen LogP contribution in [0, 0.1) is 5.82 Å². The van der Waals surface area contributed by atoms with E-state index in [2.05, 4.69) is 26.6 Å². The minimum atomic E-state index is -1.29. The van der Waals surface area contributed by atoms with Gasteiger partial charge in [0, 0.05) is 15.7 Å². The molecule has 1 saturated heterocycles. The van der Waals surface area contributed by atoms with Gasteiger partial charge in [-0.25, -0.2) is 9.18 Å². The summed E-state index contributed by atoms with van der Waals surface area (Å²) in [4.78, 5) is 38.2. The van der Waals surface area contributed by atoms with Crippen LogP contribution in [0.4, 0.5) is 14.9 Å². The van der Waals surface area contributed by atoms with Gasteiger partial charge in [-0.2, -0.15) is 0 Å². The summed E-state index contributed by atoms with van der Waals surface area (Å²) in [6.07, 6.45) is 0. The van der Waals surface area contributed by atoms with E-state index in [0.29, 0.717) is 10.0 Å². The summed E-state index contributed by atoms with van der Waals surface area (Å²) in [6, 6.07) is 10.0. The summed E-state index contributed by atoms with van der Waals surface area (Å²) >= 11 is 9.05. The van der Waals surface area contributed by atoms with E-state index in [0.717, 1.165) is 11.0 Å². The highest BCUT2D eigenvalue weighted by molar-refractivity contribution is 9.10. The van der Waals surface area contributed by atoms with Crippen LogP contribution < -0.4 is 10.6 Å². The van der Waals surface area contributed by atoms with Gasteiger partial charge < -0.3 is 10.6 Å². The van der Waals surface area contributed by atoms with Gasteiger partial charge in [-0.15, -0.1) is 0 Å². The third-order valence-corrected chi connectivity index (χ3v) is 5.17. The Hall–Kier alpha value is -2.45. The second-order valence-electron chi connectivity index (χ2n) is 6.10. The van der Waals surface area contributed by atoms with Gasteiger partial charge >= 0.3 is 6.03 Å². The number of benzene rings is 2. The number of rotatable bonds is 4. The Morgan fingerprint density at radius 3 is 2.67 bits per heavy atom. The van der Waals surface area contributed by atoms with Gasteiger partial charge in [0.15, 0.2) is 0 Å². The molecule has 0 aliphatic carbocycles. The molecule has 1 atom stereocenters. The molecule has 1 fully saturated rings. The Labute approximate surface area is 167 Å². The molecule has 0 saturated carbocycles. The highest BCUT2D eigenvalue weighted by atomic mass is 79.9. The zero-order valence-electron chi connectivity index (χ0n) is 14.1. The highest BCUT2D eigenvalue weighted by Crippen LogP contribution is 2.33. The topological polar surface area (TPSA) is 78.5 Å². The van der Waals surface area contributed by atoms with Crippen LogP contribution in [0.5, 0.6) is 0 Å². The summed E-state index contributed by atoms with van der Waals surface area (Å²) in [5.41, 5.74) is -0.458. The van der Waals surface area contributed by atoms with E-state index in [1.165, 1.54) is 12.1 Å². The van der Waals surface area contributed by atoms with E-state index >= 15 is 0 Å². The van der Waals surface area contributed by atoms with Crippen LogP contribution in [-0.4, -0.2) is 29.3 Å². The maximum absolute atomic E-state index is 13.2. The van der Waals surface area contributed by atoms with Crippen molar-refractivity contribution in [2.75, 3.05) is 11.9 Å². The van der Waals surface area contributed by atoms with Crippen LogP contribution >= 0.6 is 27.5 Å². The fourth-order valence-electron chi connectivity index (χ4n) is 2.81. The van der Waals surface area contributed by atoms with E-state index in [1.807, 2.05) is 0 Å². The lowest BCUT2D eigenvalue weighted by atomic mass is 9.92. The monoisotopic (exact) mass is 453 g/mol. The smallest absolute Gasteiger partial charge is 0.324 e. The predicted octanol–water partition coefficient (Wildman–Crippen LogP) is 3.65. The Morgan fingerprint density at radius 2 is 2.00 bits per heavy atom. The molecule has 0 radical (unpaired) electrons. The number of nitrogens with one attached hydrogen (secondary N) is 2. The minimum Gasteiger partial charge on any atom is -0.324 e. The van der Waals surface area contributed by atoms with Gasteiger partial charge in [0.05, 0.1) is 5.02 Å². The van der Waals surface area contributed by atoms with E-state index in [1.54, 1.807) is 31.2 Å². The average Bonchev–Trinajstić information content (AvgIpc) is 2.82. The molecule has 9 heteroatoms. The van der Waals surface area contributed by atoms with Crippen molar-refractivity contribution >= 4 is 51.1 Å². The van der Waals surface area contributed by atoms with Gasteiger partial charge in [-0.1, -0.05) is 45.7 Å². The largest absolute Gasteiger partial charge is 0.325 e. The SMILES string of the molecule is CC1(c2ccccc2Br)NC(=O)N(CC(=O)Nc2ccc(F)c(Cl)c2)C1=O. The molecule has 140 valence electrons. The van der Waals surface area contributed by atoms with Crippen LogP contribution in [0.25, 0.3) is 0 Å². The fraction of sp³-hybridized carbons (Fsp3) is 0.167. The molecule has 2 N–H and O–H groups in total. The fourth-order valence-corrected chi connectivity index (χ4v) is 3.67. The Bertz CT molecular complexity index is 955. The van der Waals surface area contributed by atoms with E-state index < -0.39 is 35.7 Å². The Balaban J connectivity index is 1.76. The van der Waals surface area contributed by atoms with Gasteiger partial charge in [-0.3, -0.25) is 14.5 Å². The number of imide groups is 1. The quantitative estimate of drug-likeness (QED) is 0.692. The van der Waals surface area contributed by atoms with Crippen molar-refractivity contribution < 1.29 is 18.8 Å². The normalized spacial score (nSPS) is 19.2. The van der Waals surface area contributed by atoms with Gasteiger partial charge in [0.2, 0.25) is 5.91 Å². The standard InChI is InChI=1S/C18H14BrClFN3O3/c1-18(11-4-2-3-5-12(11)19)16(26)24(17(27)23-18)9-15(25)22-10-6-7-14(21)13(20)8-10/h2-8H,9H2,1H3,(H,22,25)(H,23,27). The van der Waals surface area contributed by atoms with Crippen molar-refractivity contribution in [3.05, 3.63) is 63.3 Å². The second kappa shape index (κ2) is 7.28. The lowest BCUT2D eigenvalue weighted by Gasteiger charge is -2.23. The van der Waals surface area contributed by atoms with Gasteiger partial charge in [-0.05, 0) is 31.2 Å². The first kappa shape index (κ1) is 19.3. The van der Waals surface area contributed by atoms with Gasteiger partial charge in [0.25, 0.3) is 5.91 Å². The number of urea groups is 1. The molecule has 0 bridgehead atoms. The number of amides is 4. The van der Waals surface area contributed by atoms with Crippen LogP contribution in [0.3, 0.4) is 0 Å². The molecule has 2 aromatic rings. The summed E-state index contributed by atoms with van der Waals surface area (Å²) in [5, 5.41) is 4.96. The number of halogens is 3. The third-order valence-electron chi connectivity index (χ3n) is 4.19. The average molecular weight is 455 g/mol. The van der Waals surface area contributed by atoms with Crippen LogP contribution in [0.1, 0.15) is 12.5 Å². The first-order chi connectivity index (χ1) is 12.7. The number of carbonyl (C=O) groups is 3. The van der Waals surface area contributed by atoms with Crippen molar-refractivity contribution in [3.63, 3.8) is 0 Å². The van der Waals surface area contributed by atoms with Crippen molar-refractivity contribution in [2.45, 2.75) is 12.5 Å². The molecule has 1 unspecified atom stereocenters. The summed E-state index contributed by atoms with van der Waals surface area (Å²) in [6.45, 7) is 1.09. The number of hydrogen-bond acceptors (Lipinski definition) is 3. The molecule has 6 nitrogen and oxygen atoms in total. The molecular weight excluding hydrogens is 441 g/mol. The number of hydrogen-bond donors (Lipinski definition) is 2. The minimum absolute atomic E-state index is 0.149. The lowest BCUT2D eigenvalue weighted by molar-refractivity contribution is -0.133. The van der Waals surface area contributed by atoms with Crippen LogP contribution in [0.15, 0.2) is 46.9 Å². The maximum atomic E-state index is 13.2. The zero-order chi connectivity index (χ0) is 19.8. The van der Waals surface area contributed by atoms with Crippen LogP contribution in [0.2, 0.25) is 5.02 Å². The molecule has 0 spiro atoms. The van der Waals surface area contributed by atoms with Gasteiger partial charge in [0.1, 0.15) is 17.9 Å². The molecule has 1 heterocycles. The van der Waals surface area contributed by atoms with Crippen molar-refractivity contribution in [2.24, 2.45) is 0 Å². The van der Waals surface area contributed by atoms with Crippen molar-refractivity contribution in [3.8, 4) is 0 Å². The summed E-state index contributed by atoms with van der Waals surface area (Å²) in [5.74, 6) is -1.78. The van der Waals surface area contributed by atoms with E-state index in [-0.39, 0.29) is 10.7 Å². The van der Waals surface area contributed by atoms with Crippen molar-refractivity contribution in [1.29, 1.82) is 0 Å². The first-order valence-electron chi connectivity index (χ1n) is 7.86. The number of nitrogens with zero attached hydrogens (tertiary/aromatic N) is 1. The molecular formula is C18H14BrClFN3O3. The molecule has 1 aliphatic heterocycles. The molecule has 0 aromatic heterocycles. The Morgan fingerprint density at radius 1 is 1.30 bits per heavy atom. The van der Waals surface area contributed by atoms with E-state index in [9.17, 15) is 18.8 Å². The zero-order valence-corrected chi connectivity index (χ0v) is 16.4. The number of carbonyl (C=O) groups excluding carboxylic acids is 3. The third kappa shape index (κ3) is 3.68. The predicted molar refractivity (Wildman–Crippen MR) is 102 cm³/mol. The summed E-state index contributed by atoms with van der Waals surface area (Å²) < 4.78 is 13.9. The summed E-state index contributed by atoms with van der Waals surface area (Å²) in [7, 11) is 0. The number of anilines is 1. The second-order valence-corrected chi connectivity index (χ2v) is 7.36. The molecule has 2 aromatic carbocycles. The lowest BCUT2D eigenvalue weighted by Crippen LogP contribution is -2.42. The molecule has 4 amide bonds. The molecule has 1 aliphatic rings. The van der Waals surface area contributed by atoms with Crippen LogP contribution in [-0.2, 0) is 15.1 Å². The molecule has 3 rings (SSSR count). The van der Waals surface area contributed by atoms with Crippen molar-refractivity contribution in [1.82, 2.24) is 10.2 Å². The van der Waals surface area contributed by atoms with E-state index in [4.69, 9.17) is 11.6 Å². The maximum Gasteiger partial charge on any atom is 0.325 e. The highest BCUT2D eigenvalue weighted by Gasteiger charge is 2.50. The Kier molecular flexibility index (Phi) is 5.21. The molecule has 27 heavy (non-hydrogen) atoms.